The standard InChI is InChI=1S/C19H18N4O3S/c24-17(9-14-12-3-1-2-4-15(12)26-22-14)23-8-7-13-16(10-23)27-19(20-13)21-18(25)11-5-6-11/h1-4,11H,5-10H2,(H,20,21,25). The number of hydrogen-bond donors (Lipinski definition) is 1. The van der Waals surface area contributed by atoms with Gasteiger partial charge in [0.2, 0.25) is 11.8 Å². The molecule has 8 heteroatoms. The second kappa shape index (κ2) is 6.45. The van der Waals surface area contributed by atoms with E-state index in [4.69, 9.17) is 4.52 Å². The van der Waals surface area contributed by atoms with Gasteiger partial charge in [-0.25, -0.2) is 4.98 Å². The number of fused-ring (bicyclic) bond motifs is 2. The summed E-state index contributed by atoms with van der Waals surface area (Å²) in [4.78, 5) is 32.1. The van der Waals surface area contributed by atoms with Crippen molar-refractivity contribution >= 4 is 39.3 Å². The molecule has 0 radical (unpaired) electrons. The van der Waals surface area contributed by atoms with Crippen LogP contribution in [-0.4, -0.2) is 33.4 Å². The number of hydrogen-bond acceptors (Lipinski definition) is 6. The highest BCUT2D eigenvalue weighted by Crippen LogP contribution is 2.33. The number of amides is 2. The lowest BCUT2D eigenvalue weighted by Gasteiger charge is -2.25. The number of aromatic nitrogens is 2. The molecule has 2 amide bonds. The third-order valence-corrected chi connectivity index (χ3v) is 6.03. The normalized spacial score (nSPS) is 16.4. The van der Waals surface area contributed by atoms with Crippen molar-refractivity contribution in [2.24, 2.45) is 5.92 Å². The lowest BCUT2D eigenvalue weighted by Crippen LogP contribution is -2.36. The summed E-state index contributed by atoms with van der Waals surface area (Å²) < 4.78 is 5.29. The second-order valence-corrected chi connectivity index (χ2v) is 8.10. The van der Waals surface area contributed by atoms with E-state index in [-0.39, 0.29) is 24.2 Å². The number of benzene rings is 1. The first-order valence-electron chi connectivity index (χ1n) is 9.08. The van der Waals surface area contributed by atoms with Crippen LogP contribution in [0.1, 0.15) is 29.1 Å². The van der Waals surface area contributed by atoms with Crippen LogP contribution in [0, 0.1) is 5.92 Å². The number of carbonyl (C=O) groups is 2. The van der Waals surface area contributed by atoms with E-state index in [2.05, 4.69) is 15.5 Å². The maximum Gasteiger partial charge on any atom is 0.229 e. The second-order valence-electron chi connectivity index (χ2n) is 7.02. The number of anilines is 1. The quantitative estimate of drug-likeness (QED) is 0.750. The summed E-state index contributed by atoms with van der Waals surface area (Å²) in [6.07, 6.45) is 2.86. The molecule has 0 bridgehead atoms. The Labute approximate surface area is 159 Å². The SMILES string of the molecule is O=C(Nc1nc2c(s1)CN(C(=O)Cc1noc3ccccc13)CC2)C1CC1. The predicted molar refractivity (Wildman–Crippen MR) is 100 cm³/mol. The summed E-state index contributed by atoms with van der Waals surface area (Å²) >= 11 is 1.47. The largest absolute Gasteiger partial charge is 0.356 e. The van der Waals surface area contributed by atoms with Crippen LogP contribution in [0.5, 0.6) is 0 Å². The van der Waals surface area contributed by atoms with Crippen LogP contribution in [0.15, 0.2) is 28.8 Å². The summed E-state index contributed by atoms with van der Waals surface area (Å²) in [5.74, 6) is 0.241. The van der Waals surface area contributed by atoms with Crippen molar-refractivity contribution in [2.75, 3.05) is 11.9 Å². The van der Waals surface area contributed by atoms with Gasteiger partial charge in [0.05, 0.1) is 18.7 Å². The Morgan fingerprint density at radius 3 is 3.00 bits per heavy atom. The first-order valence-corrected chi connectivity index (χ1v) is 9.89. The zero-order chi connectivity index (χ0) is 18.4. The first kappa shape index (κ1) is 16.4. The summed E-state index contributed by atoms with van der Waals surface area (Å²) in [5.41, 5.74) is 2.35. The Morgan fingerprint density at radius 2 is 2.15 bits per heavy atom. The Balaban J connectivity index is 1.28. The van der Waals surface area contributed by atoms with Gasteiger partial charge >= 0.3 is 0 Å². The average Bonchev–Trinajstić information content (AvgIpc) is 3.34. The number of thiazole rings is 1. The predicted octanol–water partition coefficient (Wildman–Crippen LogP) is 2.76. The molecule has 7 nitrogen and oxygen atoms in total. The molecule has 0 unspecified atom stereocenters. The van der Waals surface area contributed by atoms with E-state index in [1.54, 1.807) is 0 Å². The summed E-state index contributed by atoms with van der Waals surface area (Å²) in [6.45, 7) is 1.16. The van der Waals surface area contributed by atoms with Crippen LogP contribution in [-0.2, 0) is 29.0 Å². The van der Waals surface area contributed by atoms with Crippen molar-refractivity contribution in [1.82, 2.24) is 15.0 Å². The third kappa shape index (κ3) is 3.21. The van der Waals surface area contributed by atoms with Crippen molar-refractivity contribution in [3.05, 3.63) is 40.5 Å². The maximum absolute atomic E-state index is 12.8. The number of nitrogens with zero attached hydrogens (tertiary/aromatic N) is 3. The fourth-order valence-electron chi connectivity index (χ4n) is 3.34. The lowest BCUT2D eigenvalue weighted by atomic mass is 10.1. The molecule has 1 aliphatic heterocycles. The van der Waals surface area contributed by atoms with Crippen molar-refractivity contribution < 1.29 is 14.1 Å². The molecule has 5 rings (SSSR count). The third-order valence-electron chi connectivity index (χ3n) is 5.03. The molecule has 1 N–H and O–H groups in total. The van der Waals surface area contributed by atoms with Crippen molar-refractivity contribution in [3.8, 4) is 0 Å². The minimum atomic E-state index is 0.0247. The van der Waals surface area contributed by atoms with Crippen LogP contribution in [0.25, 0.3) is 11.0 Å². The molecule has 1 aliphatic carbocycles. The zero-order valence-corrected chi connectivity index (χ0v) is 15.4. The molecule has 2 aliphatic rings. The Morgan fingerprint density at radius 1 is 1.30 bits per heavy atom. The molecule has 1 aromatic carbocycles. The Bertz CT molecular complexity index is 1040. The number of rotatable bonds is 4. The van der Waals surface area contributed by atoms with Crippen molar-refractivity contribution in [2.45, 2.75) is 32.2 Å². The molecule has 0 spiro atoms. The van der Waals surface area contributed by atoms with Gasteiger partial charge < -0.3 is 14.7 Å². The topological polar surface area (TPSA) is 88.3 Å². The molecule has 1 fully saturated rings. The van der Waals surface area contributed by atoms with Crippen molar-refractivity contribution in [3.63, 3.8) is 0 Å². The van der Waals surface area contributed by atoms with E-state index in [0.717, 1.165) is 28.8 Å². The molecule has 1 saturated carbocycles. The summed E-state index contributed by atoms with van der Waals surface area (Å²) in [7, 11) is 0. The fraction of sp³-hybridized carbons (Fsp3) is 0.368. The van der Waals surface area contributed by atoms with E-state index in [9.17, 15) is 9.59 Å². The van der Waals surface area contributed by atoms with Gasteiger partial charge in [-0.05, 0) is 25.0 Å². The fourth-order valence-corrected chi connectivity index (χ4v) is 4.36. The number of nitrogens with one attached hydrogen (secondary N) is 1. The van der Waals surface area contributed by atoms with Crippen LogP contribution in [0.3, 0.4) is 0 Å². The summed E-state index contributed by atoms with van der Waals surface area (Å²) in [6, 6.07) is 7.56. The van der Waals surface area contributed by atoms with Crippen LogP contribution in [0.4, 0.5) is 5.13 Å². The van der Waals surface area contributed by atoms with Gasteiger partial charge in [-0.1, -0.05) is 28.6 Å². The van der Waals surface area contributed by atoms with Crippen LogP contribution in [0.2, 0.25) is 0 Å². The van der Waals surface area contributed by atoms with Crippen LogP contribution < -0.4 is 5.32 Å². The van der Waals surface area contributed by atoms with E-state index in [1.165, 1.54) is 11.3 Å². The lowest BCUT2D eigenvalue weighted by molar-refractivity contribution is -0.131. The molecule has 0 saturated heterocycles. The van der Waals surface area contributed by atoms with Gasteiger partial charge in [0.25, 0.3) is 0 Å². The molecule has 3 aromatic rings. The van der Waals surface area contributed by atoms with Gasteiger partial charge in [0.1, 0.15) is 5.69 Å². The van der Waals surface area contributed by atoms with Gasteiger partial charge in [0.15, 0.2) is 10.7 Å². The maximum atomic E-state index is 12.8. The average molecular weight is 382 g/mol. The first-order chi connectivity index (χ1) is 13.2. The van der Waals surface area contributed by atoms with Gasteiger partial charge in [0, 0.05) is 29.1 Å². The molecular weight excluding hydrogens is 364 g/mol. The number of para-hydroxylation sites is 1. The highest BCUT2D eigenvalue weighted by molar-refractivity contribution is 7.15. The monoisotopic (exact) mass is 382 g/mol. The molecule has 27 heavy (non-hydrogen) atoms. The van der Waals surface area contributed by atoms with Gasteiger partial charge in [-0.3, -0.25) is 9.59 Å². The summed E-state index contributed by atoms with van der Waals surface area (Å²) in [5, 5.41) is 8.49. The van der Waals surface area contributed by atoms with E-state index in [1.807, 2.05) is 29.2 Å². The highest BCUT2D eigenvalue weighted by Gasteiger charge is 2.31. The highest BCUT2D eigenvalue weighted by atomic mass is 32.1. The van der Waals surface area contributed by atoms with Crippen LogP contribution >= 0.6 is 11.3 Å². The number of carbonyl (C=O) groups excluding carboxylic acids is 2. The molecule has 2 aromatic heterocycles. The van der Waals surface area contributed by atoms with Crippen molar-refractivity contribution in [1.29, 1.82) is 0 Å². The molecule has 0 atom stereocenters. The van der Waals surface area contributed by atoms with Gasteiger partial charge in [-0.2, -0.15) is 0 Å². The van der Waals surface area contributed by atoms with E-state index < -0.39 is 0 Å². The minimum Gasteiger partial charge on any atom is -0.356 e. The minimum absolute atomic E-state index is 0.0247. The Hall–Kier alpha value is -2.74. The molecule has 138 valence electrons. The smallest absolute Gasteiger partial charge is 0.229 e. The molecular formula is C19H18N4O3S. The Kier molecular flexibility index (Phi) is 3.93. The van der Waals surface area contributed by atoms with E-state index in [0.29, 0.717) is 35.9 Å². The van der Waals surface area contributed by atoms with Gasteiger partial charge in [-0.15, -0.1) is 0 Å². The van der Waals surface area contributed by atoms with E-state index >= 15 is 0 Å². The molecule has 3 heterocycles. The zero-order valence-electron chi connectivity index (χ0n) is 14.6.